The van der Waals surface area contributed by atoms with Gasteiger partial charge in [0.2, 0.25) is 0 Å². The molecule has 1 aromatic heterocycles. The standard InChI is InChI=1S/C30H25N3O2S/c34-33(35)28-16-8-7-15-27(28)31-30-32(21-9-12-23-10-3-1-4-11-23)29(22-36-30)26-19-17-25(18-20-26)24-13-5-2-6-14-24/h1-8,10-11,13-20,22H,9,12,21H2. The molecule has 0 bridgehead atoms. The van der Waals surface area contributed by atoms with Crippen molar-refractivity contribution < 1.29 is 4.92 Å². The summed E-state index contributed by atoms with van der Waals surface area (Å²) in [7, 11) is 0. The summed E-state index contributed by atoms with van der Waals surface area (Å²) < 4.78 is 2.18. The minimum absolute atomic E-state index is 0.00972. The van der Waals surface area contributed by atoms with Crippen LogP contribution in [0, 0.1) is 10.1 Å². The number of rotatable bonds is 8. The Labute approximate surface area is 213 Å². The quantitative estimate of drug-likeness (QED) is 0.165. The van der Waals surface area contributed by atoms with Crippen LogP contribution in [-0.2, 0) is 13.0 Å². The Morgan fingerprint density at radius 2 is 1.36 bits per heavy atom. The number of benzene rings is 4. The molecule has 0 saturated carbocycles. The van der Waals surface area contributed by atoms with Crippen molar-refractivity contribution in [2.45, 2.75) is 19.4 Å². The molecule has 0 aliphatic heterocycles. The molecule has 0 N–H and O–H groups in total. The maximum atomic E-state index is 11.5. The number of nitrogens with zero attached hydrogens (tertiary/aromatic N) is 3. The molecule has 0 atom stereocenters. The topological polar surface area (TPSA) is 60.4 Å². The van der Waals surface area contributed by atoms with E-state index >= 15 is 0 Å². The summed E-state index contributed by atoms with van der Waals surface area (Å²) in [5.74, 6) is 0. The van der Waals surface area contributed by atoms with Crippen molar-refractivity contribution in [1.82, 2.24) is 4.57 Å². The van der Waals surface area contributed by atoms with E-state index in [9.17, 15) is 10.1 Å². The number of para-hydroxylation sites is 2. The minimum Gasteiger partial charge on any atom is -0.316 e. The lowest BCUT2D eigenvalue weighted by Crippen LogP contribution is -2.16. The predicted molar refractivity (Wildman–Crippen MR) is 146 cm³/mol. The van der Waals surface area contributed by atoms with E-state index < -0.39 is 0 Å². The maximum absolute atomic E-state index is 11.5. The average Bonchev–Trinajstić information content (AvgIpc) is 3.32. The van der Waals surface area contributed by atoms with Crippen LogP contribution in [0.4, 0.5) is 11.4 Å². The van der Waals surface area contributed by atoms with Gasteiger partial charge in [0.1, 0.15) is 5.69 Å². The van der Waals surface area contributed by atoms with Crippen LogP contribution in [0.25, 0.3) is 22.4 Å². The molecule has 36 heavy (non-hydrogen) atoms. The third kappa shape index (κ3) is 5.34. The Hall–Kier alpha value is -4.29. The largest absolute Gasteiger partial charge is 0.316 e. The zero-order valence-electron chi connectivity index (χ0n) is 19.7. The molecule has 0 aliphatic rings. The maximum Gasteiger partial charge on any atom is 0.294 e. The van der Waals surface area contributed by atoms with Gasteiger partial charge in [0.25, 0.3) is 5.69 Å². The van der Waals surface area contributed by atoms with Crippen LogP contribution >= 0.6 is 11.3 Å². The number of thiazole rings is 1. The fraction of sp³-hybridized carbons (Fsp3) is 0.100. The molecule has 5 aromatic rings. The molecule has 4 aromatic carbocycles. The Balaban J connectivity index is 1.51. The molecule has 0 aliphatic carbocycles. The van der Waals surface area contributed by atoms with Crippen LogP contribution in [0.3, 0.4) is 0 Å². The van der Waals surface area contributed by atoms with Crippen LogP contribution in [0.5, 0.6) is 0 Å². The Bertz CT molecular complexity index is 1520. The number of hydrogen-bond acceptors (Lipinski definition) is 4. The van der Waals surface area contributed by atoms with Crippen molar-refractivity contribution >= 4 is 22.7 Å². The smallest absolute Gasteiger partial charge is 0.294 e. The van der Waals surface area contributed by atoms with Gasteiger partial charge >= 0.3 is 0 Å². The fourth-order valence-corrected chi connectivity index (χ4v) is 5.18. The normalized spacial score (nSPS) is 11.5. The van der Waals surface area contributed by atoms with E-state index in [1.54, 1.807) is 18.2 Å². The summed E-state index contributed by atoms with van der Waals surface area (Å²) in [5.41, 5.74) is 6.16. The second kappa shape index (κ2) is 11.0. The van der Waals surface area contributed by atoms with Gasteiger partial charge in [0, 0.05) is 18.0 Å². The van der Waals surface area contributed by atoms with E-state index in [0.29, 0.717) is 5.69 Å². The van der Waals surface area contributed by atoms with Gasteiger partial charge in [-0.1, -0.05) is 97.1 Å². The van der Waals surface area contributed by atoms with E-state index in [1.165, 1.54) is 28.5 Å². The first-order valence-electron chi connectivity index (χ1n) is 11.9. The van der Waals surface area contributed by atoms with Crippen LogP contribution < -0.4 is 4.80 Å². The molecule has 1 heterocycles. The van der Waals surface area contributed by atoms with Crippen LogP contribution in [-0.4, -0.2) is 9.49 Å². The molecule has 0 saturated heterocycles. The van der Waals surface area contributed by atoms with Crippen molar-refractivity contribution in [2.24, 2.45) is 4.99 Å². The van der Waals surface area contributed by atoms with Gasteiger partial charge in [-0.2, -0.15) is 0 Å². The second-order valence-corrected chi connectivity index (χ2v) is 9.28. The van der Waals surface area contributed by atoms with E-state index in [2.05, 4.69) is 70.6 Å². The second-order valence-electron chi connectivity index (χ2n) is 8.45. The van der Waals surface area contributed by atoms with Crippen LogP contribution in [0.15, 0.2) is 120 Å². The van der Waals surface area contributed by atoms with Gasteiger partial charge < -0.3 is 4.57 Å². The van der Waals surface area contributed by atoms with Gasteiger partial charge in [-0.15, -0.1) is 11.3 Å². The van der Waals surface area contributed by atoms with Gasteiger partial charge in [0.05, 0.1) is 10.6 Å². The molecule has 0 radical (unpaired) electrons. The summed E-state index contributed by atoms with van der Waals surface area (Å²) in [6.45, 7) is 0.758. The molecular weight excluding hydrogens is 466 g/mol. The third-order valence-corrected chi connectivity index (χ3v) is 6.93. The first-order valence-corrected chi connectivity index (χ1v) is 12.7. The van der Waals surface area contributed by atoms with Crippen LogP contribution in [0.2, 0.25) is 0 Å². The summed E-state index contributed by atoms with van der Waals surface area (Å²) in [6, 6.07) is 35.9. The molecule has 6 heteroatoms. The Morgan fingerprint density at radius 1 is 0.750 bits per heavy atom. The van der Waals surface area contributed by atoms with E-state index in [-0.39, 0.29) is 10.6 Å². The molecule has 5 rings (SSSR count). The predicted octanol–water partition coefficient (Wildman–Crippen LogP) is 7.66. The number of hydrogen-bond donors (Lipinski definition) is 0. The Kier molecular flexibility index (Phi) is 7.15. The lowest BCUT2D eigenvalue weighted by molar-refractivity contribution is -0.384. The molecule has 0 amide bonds. The number of nitro groups is 1. The third-order valence-electron chi connectivity index (χ3n) is 6.07. The van der Waals surface area contributed by atoms with Gasteiger partial charge in [-0.05, 0) is 41.2 Å². The SMILES string of the molecule is O=[N+]([O-])c1ccccc1N=c1scc(-c2ccc(-c3ccccc3)cc2)n1CCCc1ccccc1. The van der Waals surface area contributed by atoms with Gasteiger partial charge in [0.15, 0.2) is 4.80 Å². The zero-order chi connectivity index (χ0) is 24.7. The summed E-state index contributed by atoms with van der Waals surface area (Å²) in [5, 5.41) is 13.6. The van der Waals surface area contributed by atoms with Crippen molar-refractivity contribution in [3.05, 3.63) is 135 Å². The molecule has 0 unspecified atom stereocenters. The molecule has 0 fully saturated rings. The summed E-state index contributed by atoms with van der Waals surface area (Å²) >= 11 is 1.51. The van der Waals surface area contributed by atoms with Crippen molar-refractivity contribution in [1.29, 1.82) is 0 Å². The van der Waals surface area contributed by atoms with Crippen LogP contribution in [0.1, 0.15) is 12.0 Å². The highest BCUT2D eigenvalue weighted by atomic mass is 32.1. The van der Waals surface area contributed by atoms with E-state index in [4.69, 9.17) is 4.99 Å². The lowest BCUT2D eigenvalue weighted by atomic mass is 10.0. The lowest BCUT2D eigenvalue weighted by Gasteiger charge is -2.10. The summed E-state index contributed by atoms with van der Waals surface area (Å²) in [6.07, 6.45) is 1.88. The molecule has 178 valence electrons. The van der Waals surface area contributed by atoms with Gasteiger partial charge in [-0.3, -0.25) is 10.1 Å². The van der Waals surface area contributed by atoms with E-state index in [1.807, 2.05) is 24.3 Å². The number of nitro benzene ring substituents is 1. The highest BCUT2D eigenvalue weighted by Gasteiger charge is 2.14. The zero-order valence-corrected chi connectivity index (χ0v) is 20.5. The minimum atomic E-state index is -0.380. The summed E-state index contributed by atoms with van der Waals surface area (Å²) in [4.78, 5) is 16.7. The van der Waals surface area contributed by atoms with Crippen molar-refractivity contribution in [2.75, 3.05) is 0 Å². The molecule has 0 spiro atoms. The highest BCUT2D eigenvalue weighted by molar-refractivity contribution is 7.07. The monoisotopic (exact) mass is 491 g/mol. The molecule has 5 nitrogen and oxygen atoms in total. The first kappa shape index (κ1) is 23.5. The van der Waals surface area contributed by atoms with Crippen molar-refractivity contribution in [3.8, 4) is 22.4 Å². The fourth-order valence-electron chi connectivity index (χ4n) is 4.23. The number of aryl methyl sites for hydroxylation is 1. The Morgan fingerprint density at radius 3 is 2.08 bits per heavy atom. The first-order chi connectivity index (χ1) is 17.7. The average molecular weight is 492 g/mol. The number of aromatic nitrogens is 1. The highest BCUT2D eigenvalue weighted by Crippen LogP contribution is 2.28. The van der Waals surface area contributed by atoms with Gasteiger partial charge in [-0.25, -0.2) is 4.99 Å². The van der Waals surface area contributed by atoms with Crippen molar-refractivity contribution in [3.63, 3.8) is 0 Å². The molecular formula is C30H25N3O2S. The van der Waals surface area contributed by atoms with E-state index in [0.717, 1.165) is 41.0 Å².